The molecule has 2 rings (SSSR count). The second-order valence-corrected chi connectivity index (χ2v) is 5.21. The highest BCUT2D eigenvalue weighted by Crippen LogP contribution is 2.21. The van der Waals surface area contributed by atoms with E-state index in [1.165, 1.54) is 12.1 Å². The normalized spacial score (nSPS) is 10.9. The summed E-state index contributed by atoms with van der Waals surface area (Å²) in [4.78, 5) is 0. The van der Waals surface area contributed by atoms with E-state index in [-0.39, 0.29) is 5.82 Å². The van der Waals surface area contributed by atoms with Gasteiger partial charge < -0.3 is 5.32 Å². The Morgan fingerprint density at radius 3 is 2.53 bits per heavy atom. The predicted molar refractivity (Wildman–Crippen MR) is 77.2 cm³/mol. The average Bonchev–Trinajstić information content (AvgIpc) is 2.68. The number of rotatable bonds is 5. The lowest BCUT2D eigenvalue weighted by Gasteiger charge is -2.06. The van der Waals surface area contributed by atoms with Crippen LogP contribution in [-0.2, 0) is 26.6 Å². The number of nitrogens with zero attached hydrogens (tertiary/aromatic N) is 2. The Hall–Kier alpha value is -1.20. The van der Waals surface area contributed by atoms with Gasteiger partial charge >= 0.3 is 0 Å². The Kier molecular flexibility index (Phi) is 4.71. The summed E-state index contributed by atoms with van der Waals surface area (Å²) in [6.45, 7) is 3.52. The van der Waals surface area contributed by atoms with Crippen LogP contribution >= 0.6 is 15.9 Å². The number of halogens is 2. The maximum Gasteiger partial charge on any atom is 0.123 e. The van der Waals surface area contributed by atoms with Gasteiger partial charge in [0.1, 0.15) is 5.82 Å². The molecule has 0 saturated heterocycles. The van der Waals surface area contributed by atoms with Crippen LogP contribution in [0.25, 0.3) is 0 Å². The Labute approximate surface area is 121 Å². The van der Waals surface area contributed by atoms with Gasteiger partial charge in [0.05, 0.1) is 15.9 Å². The van der Waals surface area contributed by atoms with Crippen LogP contribution in [0.5, 0.6) is 0 Å². The van der Waals surface area contributed by atoms with E-state index >= 15 is 0 Å². The second-order valence-electron chi connectivity index (χ2n) is 4.41. The molecule has 5 heteroatoms. The van der Waals surface area contributed by atoms with E-state index in [1.807, 2.05) is 11.7 Å². The van der Waals surface area contributed by atoms with Crippen molar-refractivity contribution in [3.63, 3.8) is 0 Å². The molecule has 1 aromatic carbocycles. The monoisotopic (exact) mass is 325 g/mol. The zero-order valence-electron chi connectivity index (χ0n) is 11.1. The van der Waals surface area contributed by atoms with Gasteiger partial charge in [0.2, 0.25) is 0 Å². The number of benzene rings is 1. The minimum Gasteiger partial charge on any atom is -0.307 e. The lowest BCUT2D eigenvalue weighted by Crippen LogP contribution is -2.15. The van der Waals surface area contributed by atoms with Crippen molar-refractivity contribution in [1.82, 2.24) is 15.1 Å². The summed E-state index contributed by atoms with van der Waals surface area (Å²) in [7, 11) is 1.94. The SMILES string of the molecule is CCc1nn(C)c(CNCc2ccc(F)cc2)c1Br. The minimum absolute atomic E-state index is 0.203. The Morgan fingerprint density at radius 1 is 1.26 bits per heavy atom. The molecule has 1 heterocycles. The lowest BCUT2D eigenvalue weighted by molar-refractivity contribution is 0.615. The molecule has 0 atom stereocenters. The van der Waals surface area contributed by atoms with E-state index < -0.39 is 0 Å². The van der Waals surface area contributed by atoms with Crippen molar-refractivity contribution >= 4 is 15.9 Å². The van der Waals surface area contributed by atoms with Crippen molar-refractivity contribution in [2.75, 3.05) is 0 Å². The highest BCUT2D eigenvalue weighted by atomic mass is 79.9. The summed E-state index contributed by atoms with van der Waals surface area (Å²) >= 11 is 3.59. The van der Waals surface area contributed by atoms with E-state index in [4.69, 9.17) is 0 Å². The van der Waals surface area contributed by atoms with Crippen LogP contribution in [0.1, 0.15) is 23.9 Å². The van der Waals surface area contributed by atoms with Gasteiger partial charge in [-0.1, -0.05) is 19.1 Å². The van der Waals surface area contributed by atoms with Gasteiger partial charge in [-0.25, -0.2) is 4.39 Å². The first-order chi connectivity index (χ1) is 9.11. The number of hydrogen-bond donors (Lipinski definition) is 1. The molecule has 0 saturated carbocycles. The number of hydrogen-bond acceptors (Lipinski definition) is 2. The van der Waals surface area contributed by atoms with Crippen molar-refractivity contribution in [2.24, 2.45) is 7.05 Å². The molecule has 0 amide bonds. The largest absolute Gasteiger partial charge is 0.307 e. The van der Waals surface area contributed by atoms with E-state index in [0.717, 1.165) is 34.4 Å². The Bertz CT molecular complexity index is 549. The third-order valence-corrected chi connectivity index (χ3v) is 3.95. The molecular weight excluding hydrogens is 309 g/mol. The number of aromatic nitrogens is 2. The molecule has 0 unspecified atom stereocenters. The molecule has 0 aliphatic rings. The van der Waals surface area contributed by atoms with Gasteiger partial charge in [0.25, 0.3) is 0 Å². The summed E-state index contributed by atoms with van der Waals surface area (Å²) in [5.41, 5.74) is 3.26. The van der Waals surface area contributed by atoms with Gasteiger partial charge in [-0.15, -0.1) is 0 Å². The quantitative estimate of drug-likeness (QED) is 0.915. The zero-order chi connectivity index (χ0) is 13.8. The van der Waals surface area contributed by atoms with E-state index in [2.05, 4.69) is 33.3 Å². The molecule has 102 valence electrons. The average molecular weight is 326 g/mol. The third-order valence-electron chi connectivity index (χ3n) is 3.04. The van der Waals surface area contributed by atoms with Crippen molar-refractivity contribution < 1.29 is 4.39 Å². The molecule has 0 bridgehead atoms. The first-order valence-electron chi connectivity index (χ1n) is 6.27. The summed E-state index contributed by atoms with van der Waals surface area (Å²) in [6.07, 6.45) is 0.909. The predicted octanol–water partition coefficient (Wildman–Crippen LogP) is 3.17. The van der Waals surface area contributed by atoms with Crippen molar-refractivity contribution in [3.8, 4) is 0 Å². The van der Waals surface area contributed by atoms with Crippen LogP contribution in [0.15, 0.2) is 28.7 Å². The van der Waals surface area contributed by atoms with Crippen molar-refractivity contribution in [1.29, 1.82) is 0 Å². The molecule has 0 radical (unpaired) electrons. The summed E-state index contributed by atoms with van der Waals surface area (Å²) in [5.74, 6) is -0.203. The first kappa shape index (κ1) is 14.2. The van der Waals surface area contributed by atoms with Gasteiger partial charge in [0.15, 0.2) is 0 Å². The molecule has 3 nitrogen and oxygen atoms in total. The third kappa shape index (κ3) is 3.42. The van der Waals surface area contributed by atoms with Crippen LogP contribution in [-0.4, -0.2) is 9.78 Å². The fourth-order valence-corrected chi connectivity index (χ4v) is 2.70. The van der Waals surface area contributed by atoms with Crippen LogP contribution in [0.2, 0.25) is 0 Å². The number of nitrogens with one attached hydrogen (secondary N) is 1. The summed E-state index contributed by atoms with van der Waals surface area (Å²) in [5, 5.41) is 7.79. The second kappa shape index (κ2) is 6.30. The Morgan fingerprint density at radius 2 is 1.95 bits per heavy atom. The molecule has 2 aromatic rings. The minimum atomic E-state index is -0.203. The summed E-state index contributed by atoms with van der Waals surface area (Å²) < 4.78 is 15.7. The van der Waals surface area contributed by atoms with Crippen LogP contribution in [0, 0.1) is 5.82 Å². The molecule has 0 fully saturated rings. The molecule has 0 spiro atoms. The molecule has 0 aliphatic carbocycles. The van der Waals surface area contributed by atoms with Crippen molar-refractivity contribution in [2.45, 2.75) is 26.4 Å². The first-order valence-corrected chi connectivity index (χ1v) is 7.06. The fraction of sp³-hybridized carbons (Fsp3) is 0.357. The van der Waals surface area contributed by atoms with Gasteiger partial charge in [0, 0.05) is 20.1 Å². The Balaban J connectivity index is 1.96. The smallest absolute Gasteiger partial charge is 0.123 e. The highest BCUT2D eigenvalue weighted by Gasteiger charge is 2.11. The van der Waals surface area contributed by atoms with E-state index in [9.17, 15) is 4.39 Å². The lowest BCUT2D eigenvalue weighted by atomic mass is 10.2. The van der Waals surface area contributed by atoms with Gasteiger partial charge in [-0.3, -0.25) is 4.68 Å². The molecule has 19 heavy (non-hydrogen) atoms. The summed E-state index contributed by atoms with van der Waals surface area (Å²) in [6, 6.07) is 6.54. The maximum absolute atomic E-state index is 12.8. The van der Waals surface area contributed by atoms with Crippen LogP contribution in [0.3, 0.4) is 0 Å². The van der Waals surface area contributed by atoms with Crippen LogP contribution < -0.4 is 5.32 Å². The van der Waals surface area contributed by atoms with E-state index in [1.54, 1.807) is 12.1 Å². The van der Waals surface area contributed by atoms with Gasteiger partial charge in [-0.05, 0) is 40.0 Å². The van der Waals surface area contributed by atoms with Crippen LogP contribution in [0.4, 0.5) is 4.39 Å². The molecule has 1 aromatic heterocycles. The standard InChI is InChI=1S/C14H17BrFN3/c1-3-12-14(15)13(19(2)18-12)9-17-8-10-4-6-11(16)7-5-10/h4-7,17H,3,8-9H2,1-2H3. The molecular formula is C14H17BrFN3. The topological polar surface area (TPSA) is 29.9 Å². The zero-order valence-corrected chi connectivity index (χ0v) is 12.7. The number of aryl methyl sites for hydroxylation is 2. The maximum atomic E-state index is 12.8. The highest BCUT2D eigenvalue weighted by molar-refractivity contribution is 9.10. The van der Waals surface area contributed by atoms with Crippen molar-refractivity contribution in [3.05, 3.63) is 51.5 Å². The molecule has 0 aliphatic heterocycles. The molecule has 1 N–H and O–H groups in total. The fourth-order valence-electron chi connectivity index (χ4n) is 1.94. The van der Waals surface area contributed by atoms with E-state index in [0.29, 0.717) is 6.54 Å². The van der Waals surface area contributed by atoms with Gasteiger partial charge in [-0.2, -0.15) is 5.10 Å².